The number of piperidine rings is 1. The van der Waals surface area contributed by atoms with Crippen LogP contribution in [0.3, 0.4) is 0 Å². The van der Waals surface area contributed by atoms with Gasteiger partial charge in [0, 0.05) is 17.7 Å². The van der Waals surface area contributed by atoms with Gasteiger partial charge >= 0.3 is 0 Å². The van der Waals surface area contributed by atoms with Crippen LogP contribution in [0.2, 0.25) is 0 Å². The first-order valence-electron chi connectivity index (χ1n) is 10.6. The average Bonchev–Trinajstić information content (AvgIpc) is 2.78. The van der Waals surface area contributed by atoms with Gasteiger partial charge < -0.3 is 24.4 Å². The number of likely N-dealkylation sites (tertiary alicyclic amines) is 1. The molecule has 1 fully saturated rings. The third-order valence-corrected chi connectivity index (χ3v) is 5.73. The van der Waals surface area contributed by atoms with Crippen LogP contribution in [0.15, 0.2) is 36.4 Å². The Hall–Kier alpha value is -2.73. The van der Waals surface area contributed by atoms with Crippen LogP contribution in [0.5, 0.6) is 17.2 Å². The van der Waals surface area contributed by atoms with E-state index in [2.05, 4.69) is 23.5 Å². The van der Waals surface area contributed by atoms with Crippen molar-refractivity contribution >= 4 is 5.91 Å². The van der Waals surface area contributed by atoms with Gasteiger partial charge in [-0.15, -0.1) is 0 Å². The van der Waals surface area contributed by atoms with Crippen LogP contribution in [-0.4, -0.2) is 40.3 Å². The maximum atomic E-state index is 12.7. The molecular formula is C24H33N2O4+. The van der Waals surface area contributed by atoms with Gasteiger partial charge in [0.15, 0.2) is 11.5 Å². The minimum atomic E-state index is -0.0550. The molecule has 1 amide bonds. The summed E-state index contributed by atoms with van der Waals surface area (Å²) in [7, 11) is 4.70. The van der Waals surface area contributed by atoms with Gasteiger partial charge in [-0.25, -0.2) is 0 Å². The Balaban J connectivity index is 1.64. The zero-order valence-electron chi connectivity index (χ0n) is 18.3. The van der Waals surface area contributed by atoms with E-state index in [1.54, 1.807) is 32.3 Å². The summed E-state index contributed by atoms with van der Waals surface area (Å²) in [6.45, 7) is 4.02. The molecule has 0 aliphatic carbocycles. The number of carbonyl (C=O) groups excluding carboxylic acids is 1. The monoisotopic (exact) mass is 413 g/mol. The molecule has 162 valence electrons. The Kier molecular flexibility index (Phi) is 7.97. The lowest BCUT2D eigenvalue weighted by molar-refractivity contribution is -0.918. The van der Waals surface area contributed by atoms with E-state index in [4.69, 9.17) is 14.2 Å². The lowest BCUT2D eigenvalue weighted by Crippen LogP contribution is -3.11. The number of quaternary nitrogens is 1. The molecule has 1 aliphatic heterocycles. The third kappa shape index (κ3) is 5.45. The highest BCUT2D eigenvalue weighted by molar-refractivity contribution is 5.80. The molecule has 0 radical (unpaired) electrons. The third-order valence-electron chi connectivity index (χ3n) is 5.73. The summed E-state index contributed by atoms with van der Waals surface area (Å²) in [5.41, 5.74) is 3.26. The smallest absolute Gasteiger partial charge is 0.224 e. The maximum absolute atomic E-state index is 12.7. The predicted molar refractivity (Wildman–Crippen MR) is 116 cm³/mol. The molecule has 6 nitrogen and oxygen atoms in total. The first kappa shape index (κ1) is 22.0. The van der Waals surface area contributed by atoms with Crippen molar-refractivity contribution in [1.82, 2.24) is 5.32 Å². The molecule has 6 heteroatoms. The molecule has 3 rings (SSSR count). The van der Waals surface area contributed by atoms with Crippen molar-refractivity contribution in [3.63, 3.8) is 0 Å². The lowest BCUT2D eigenvalue weighted by Gasteiger charge is -2.24. The molecule has 0 bridgehead atoms. The second-order valence-electron chi connectivity index (χ2n) is 7.70. The van der Waals surface area contributed by atoms with Gasteiger partial charge in [0.05, 0.1) is 40.8 Å². The van der Waals surface area contributed by atoms with E-state index < -0.39 is 0 Å². The maximum Gasteiger partial charge on any atom is 0.224 e. The van der Waals surface area contributed by atoms with E-state index in [0.717, 1.165) is 12.1 Å². The first-order valence-corrected chi connectivity index (χ1v) is 10.6. The molecule has 2 aromatic rings. The molecule has 1 aliphatic rings. The van der Waals surface area contributed by atoms with Crippen LogP contribution >= 0.6 is 0 Å². The second kappa shape index (κ2) is 10.9. The molecule has 0 unspecified atom stereocenters. The zero-order chi connectivity index (χ0) is 21.3. The molecule has 0 atom stereocenters. The van der Waals surface area contributed by atoms with Crippen LogP contribution in [0, 0.1) is 0 Å². The van der Waals surface area contributed by atoms with Crippen LogP contribution in [0.4, 0.5) is 0 Å². The summed E-state index contributed by atoms with van der Waals surface area (Å²) in [5, 5.41) is 3.07. The number of nitrogens with one attached hydrogen (secondary N) is 2. The highest BCUT2D eigenvalue weighted by atomic mass is 16.5. The minimum absolute atomic E-state index is 0.0550. The van der Waals surface area contributed by atoms with E-state index in [1.165, 1.54) is 43.5 Å². The summed E-state index contributed by atoms with van der Waals surface area (Å²) >= 11 is 0. The average molecular weight is 414 g/mol. The van der Waals surface area contributed by atoms with Crippen LogP contribution < -0.4 is 24.4 Å². The van der Waals surface area contributed by atoms with Gasteiger partial charge in [0.25, 0.3) is 0 Å². The van der Waals surface area contributed by atoms with Crippen molar-refractivity contribution in [2.24, 2.45) is 0 Å². The number of methoxy groups -OCH3 is 3. The second-order valence-corrected chi connectivity index (χ2v) is 7.70. The molecule has 2 N–H and O–H groups in total. The Labute approximate surface area is 179 Å². The number of rotatable bonds is 9. The molecule has 1 saturated heterocycles. The number of amides is 1. The number of carbonyl (C=O) groups is 1. The van der Waals surface area contributed by atoms with Gasteiger partial charge in [-0.2, -0.15) is 0 Å². The molecule has 0 aromatic heterocycles. The summed E-state index contributed by atoms with van der Waals surface area (Å²) in [4.78, 5) is 14.3. The van der Waals surface area contributed by atoms with E-state index in [-0.39, 0.29) is 12.3 Å². The molecule has 1 heterocycles. The van der Waals surface area contributed by atoms with E-state index in [1.807, 2.05) is 12.1 Å². The highest BCUT2D eigenvalue weighted by Crippen LogP contribution is 2.39. The summed E-state index contributed by atoms with van der Waals surface area (Å²) in [6, 6.07) is 12.0. The number of benzene rings is 2. The quantitative estimate of drug-likeness (QED) is 0.661. The summed E-state index contributed by atoms with van der Waals surface area (Å²) in [6.07, 6.45) is 4.17. The van der Waals surface area contributed by atoms with Crippen molar-refractivity contribution in [1.29, 1.82) is 0 Å². The van der Waals surface area contributed by atoms with Crippen molar-refractivity contribution in [2.45, 2.75) is 38.8 Å². The van der Waals surface area contributed by atoms with Crippen LogP contribution in [0.25, 0.3) is 0 Å². The number of hydrogen-bond acceptors (Lipinski definition) is 4. The fourth-order valence-corrected chi connectivity index (χ4v) is 4.13. The molecular weight excluding hydrogens is 380 g/mol. The zero-order valence-corrected chi connectivity index (χ0v) is 18.3. The van der Waals surface area contributed by atoms with Crippen molar-refractivity contribution in [2.75, 3.05) is 34.4 Å². The molecule has 0 spiro atoms. The minimum Gasteiger partial charge on any atom is -0.493 e. The van der Waals surface area contributed by atoms with Gasteiger partial charge in [-0.1, -0.05) is 30.3 Å². The standard InChI is InChI=1S/C24H32N2O4/c1-28-21-12-11-18(23(29-2)24(21)30-3)15-22(27)25-16-19-9-5-6-10-20(19)17-26-13-7-4-8-14-26/h5-6,9-12H,4,7-8,13-17H2,1-3H3,(H,25,27)/p+1. The van der Waals surface area contributed by atoms with Crippen molar-refractivity contribution in [3.8, 4) is 17.2 Å². The van der Waals surface area contributed by atoms with Gasteiger partial charge in [0.1, 0.15) is 6.54 Å². The van der Waals surface area contributed by atoms with Crippen LogP contribution in [0.1, 0.15) is 36.0 Å². The largest absolute Gasteiger partial charge is 0.493 e. The molecule has 0 saturated carbocycles. The van der Waals surface area contributed by atoms with Crippen molar-refractivity contribution in [3.05, 3.63) is 53.1 Å². The highest BCUT2D eigenvalue weighted by Gasteiger charge is 2.19. The van der Waals surface area contributed by atoms with E-state index in [9.17, 15) is 4.79 Å². The predicted octanol–water partition coefficient (Wildman–Crippen LogP) is 2.14. The van der Waals surface area contributed by atoms with E-state index >= 15 is 0 Å². The topological polar surface area (TPSA) is 61.2 Å². The summed E-state index contributed by atoms with van der Waals surface area (Å²) in [5.74, 6) is 1.55. The van der Waals surface area contributed by atoms with Gasteiger partial charge in [-0.3, -0.25) is 4.79 Å². The Morgan fingerprint density at radius 1 is 0.867 bits per heavy atom. The SMILES string of the molecule is COc1ccc(CC(=O)NCc2ccccc2C[NH+]2CCCCC2)c(OC)c1OC. The first-order chi connectivity index (χ1) is 14.7. The summed E-state index contributed by atoms with van der Waals surface area (Å²) < 4.78 is 16.2. The Bertz CT molecular complexity index is 847. The number of hydrogen-bond donors (Lipinski definition) is 2. The lowest BCUT2D eigenvalue weighted by atomic mass is 10.0. The fourth-order valence-electron chi connectivity index (χ4n) is 4.13. The molecule has 2 aromatic carbocycles. The fraction of sp³-hybridized carbons (Fsp3) is 0.458. The van der Waals surface area contributed by atoms with E-state index in [0.29, 0.717) is 23.8 Å². The van der Waals surface area contributed by atoms with Crippen LogP contribution in [-0.2, 0) is 24.3 Å². The molecule has 30 heavy (non-hydrogen) atoms. The Morgan fingerprint density at radius 2 is 1.57 bits per heavy atom. The Morgan fingerprint density at radius 3 is 2.23 bits per heavy atom. The normalized spacial score (nSPS) is 14.2. The van der Waals surface area contributed by atoms with Crippen molar-refractivity contribution < 1.29 is 23.9 Å². The number of ether oxygens (including phenoxy) is 3. The van der Waals surface area contributed by atoms with Gasteiger partial charge in [-0.05, 0) is 30.9 Å². The van der Waals surface area contributed by atoms with Gasteiger partial charge in [0.2, 0.25) is 11.7 Å².